The van der Waals surface area contributed by atoms with Crippen molar-refractivity contribution < 1.29 is 14.3 Å². The normalized spacial score (nSPS) is 22.4. The average molecular weight is 318 g/mol. The average Bonchev–Trinajstić information content (AvgIpc) is 2.49. The molecular weight excluding hydrogens is 292 g/mol. The van der Waals surface area contributed by atoms with Gasteiger partial charge in [-0.15, -0.1) is 0 Å². The molecule has 5 nitrogen and oxygen atoms in total. The number of amides is 2. The molecule has 0 aromatic heterocycles. The Labute approximate surface area is 137 Å². The molecule has 1 fully saturated rings. The fourth-order valence-electron chi connectivity index (χ4n) is 3.12. The fourth-order valence-corrected chi connectivity index (χ4v) is 3.12. The van der Waals surface area contributed by atoms with Gasteiger partial charge in [0.05, 0.1) is 6.10 Å². The van der Waals surface area contributed by atoms with Crippen LogP contribution >= 0.6 is 0 Å². The van der Waals surface area contributed by atoms with Gasteiger partial charge in [-0.05, 0) is 50.3 Å². The quantitative estimate of drug-likeness (QED) is 0.875. The minimum absolute atomic E-state index is 0.151. The number of carbonyl (C=O) groups is 2. The fraction of sp³-hybridized carbons (Fsp3) is 0.556. The van der Waals surface area contributed by atoms with Gasteiger partial charge in [0.2, 0.25) is 5.91 Å². The summed E-state index contributed by atoms with van der Waals surface area (Å²) in [7, 11) is 0. The summed E-state index contributed by atoms with van der Waals surface area (Å²) in [6, 6.07) is 5.11. The lowest BCUT2D eigenvalue weighted by Crippen LogP contribution is -2.34. The summed E-state index contributed by atoms with van der Waals surface area (Å²) < 4.78 is 5.91. The summed E-state index contributed by atoms with van der Waals surface area (Å²) in [6.07, 6.45) is 4.03. The van der Waals surface area contributed by atoms with E-state index in [9.17, 15) is 9.59 Å². The second-order valence-corrected chi connectivity index (χ2v) is 6.50. The van der Waals surface area contributed by atoms with Crippen LogP contribution in [0.25, 0.3) is 0 Å². The Kier molecular flexibility index (Phi) is 5.77. The standard InChI is InChI=1S/C18H26N2O3/c1-11-6-4-7-14(10-11)23-13(3)18(22)20-16-9-5-8-15(12(16)2)17(19)21/h5,8-9,11,13-14H,4,6-7,10H2,1-3H3,(H2,19,21)(H,20,22). The van der Waals surface area contributed by atoms with Crippen molar-refractivity contribution >= 4 is 17.5 Å². The summed E-state index contributed by atoms with van der Waals surface area (Å²) in [6.45, 7) is 5.75. The number of benzene rings is 1. The van der Waals surface area contributed by atoms with Crippen molar-refractivity contribution in [2.24, 2.45) is 11.7 Å². The van der Waals surface area contributed by atoms with Crippen LogP contribution in [0, 0.1) is 12.8 Å². The molecule has 23 heavy (non-hydrogen) atoms. The zero-order valence-corrected chi connectivity index (χ0v) is 14.1. The molecule has 3 unspecified atom stereocenters. The van der Waals surface area contributed by atoms with Crippen LogP contribution in [-0.2, 0) is 9.53 Å². The molecule has 1 aliphatic carbocycles. The number of nitrogens with one attached hydrogen (secondary N) is 1. The lowest BCUT2D eigenvalue weighted by Gasteiger charge is -2.29. The molecular formula is C18H26N2O3. The van der Waals surface area contributed by atoms with Gasteiger partial charge in [0, 0.05) is 11.3 Å². The van der Waals surface area contributed by atoms with Crippen molar-refractivity contribution in [2.75, 3.05) is 5.32 Å². The Bertz CT molecular complexity index is 586. The third-order valence-electron chi connectivity index (χ3n) is 4.51. The molecule has 2 amide bonds. The van der Waals surface area contributed by atoms with Gasteiger partial charge in [0.1, 0.15) is 6.10 Å². The van der Waals surface area contributed by atoms with E-state index in [2.05, 4.69) is 12.2 Å². The van der Waals surface area contributed by atoms with Gasteiger partial charge in [-0.1, -0.05) is 25.8 Å². The summed E-state index contributed by atoms with van der Waals surface area (Å²) in [4.78, 5) is 23.7. The summed E-state index contributed by atoms with van der Waals surface area (Å²) in [5, 5.41) is 2.83. The van der Waals surface area contributed by atoms with E-state index in [0.29, 0.717) is 22.7 Å². The van der Waals surface area contributed by atoms with Crippen LogP contribution in [0.3, 0.4) is 0 Å². The van der Waals surface area contributed by atoms with Crippen LogP contribution in [-0.4, -0.2) is 24.0 Å². The van der Waals surface area contributed by atoms with E-state index in [0.717, 1.165) is 19.3 Å². The molecule has 126 valence electrons. The molecule has 1 saturated carbocycles. The minimum atomic E-state index is -0.526. The van der Waals surface area contributed by atoms with Crippen LogP contribution in [0.5, 0.6) is 0 Å². The van der Waals surface area contributed by atoms with E-state index in [-0.39, 0.29) is 12.0 Å². The first kappa shape index (κ1) is 17.5. The van der Waals surface area contributed by atoms with E-state index in [4.69, 9.17) is 10.5 Å². The first-order chi connectivity index (χ1) is 10.9. The van der Waals surface area contributed by atoms with Gasteiger partial charge < -0.3 is 15.8 Å². The second-order valence-electron chi connectivity index (χ2n) is 6.50. The molecule has 0 bridgehead atoms. The number of nitrogens with two attached hydrogens (primary N) is 1. The lowest BCUT2D eigenvalue weighted by molar-refractivity contribution is -0.131. The third kappa shape index (κ3) is 4.55. The van der Waals surface area contributed by atoms with Gasteiger partial charge >= 0.3 is 0 Å². The summed E-state index contributed by atoms with van der Waals surface area (Å²) in [5.41, 5.74) is 7.02. The Morgan fingerprint density at radius 2 is 2.09 bits per heavy atom. The van der Waals surface area contributed by atoms with Crippen LogP contribution in [0.4, 0.5) is 5.69 Å². The molecule has 0 saturated heterocycles. The largest absolute Gasteiger partial charge is 0.366 e. The first-order valence-electron chi connectivity index (χ1n) is 8.24. The number of ether oxygens (including phenoxy) is 1. The molecule has 1 aromatic carbocycles. The van der Waals surface area contributed by atoms with E-state index >= 15 is 0 Å². The van der Waals surface area contributed by atoms with E-state index < -0.39 is 12.0 Å². The molecule has 1 aliphatic rings. The van der Waals surface area contributed by atoms with Gasteiger partial charge in [0.25, 0.3) is 5.91 Å². The predicted molar refractivity (Wildman–Crippen MR) is 90.3 cm³/mol. The topological polar surface area (TPSA) is 81.4 Å². The van der Waals surface area contributed by atoms with Crippen LogP contribution in [0.15, 0.2) is 18.2 Å². The predicted octanol–water partition coefficient (Wildman–Crippen LogP) is 3.02. The summed E-state index contributed by atoms with van der Waals surface area (Å²) in [5.74, 6) is -0.0504. The van der Waals surface area contributed by atoms with E-state index in [1.54, 1.807) is 32.0 Å². The second kappa shape index (κ2) is 7.59. The van der Waals surface area contributed by atoms with Gasteiger partial charge in [-0.3, -0.25) is 9.59 Å². The van der Waals surface area contributed by atoms with Crippen molar-refractivity contribution in [2.45, 2.75) is 58.7 Å². The molecule has 1 aromatic rings. The molecule has 3 atom stereocenters. The van der Waals surface area contributed by atoms with Crippen LogP contribution in [0.2, 0.25) is 0 Å². The van der Waals surface area contributed by atoms with E-state index in [1.165, 1.54) is 6.42 Å². The number of rotatable bonds is 5. The highest BCUT2D eigenvalue weighted by molar-refractivity contribution is 5.99. The van der Waals surface area contributed by atoms with Gasteiger partial charge in [0.15, 0.2) is 0 Å². The molecule has 0 aliphatic heterocycles. The van der Waals surface area contributed by atoms with Crippen LogP contribution in [0.1, 0.15) is 55.5 Å². The highest BCUT2D eigenvalue weighted by Gasteiger charge is 2.24. The van der Waals surface area contributed by atoms with Crippen molar-refractivity contribution in [1.82, 2.24) is 0 Å². The summed E-state index contributed by atoms with van der Waals surface area (Å²) >= 11 is 0. The van der Waals surface area contributed by atoms with E-state index in [1.807, 2.05) is 0 Å². The van der Waals surface area contributed by atoms with Gasteiger partial charge in [-0.2, -0.15) is 0 Å². The maximum absolute atomic E-state index is 12.3. The maximum atomic E-state index is 12.3. The third-order valence-corrected chi connectivity index (χ3v) is 4.51. The number of hydrogen-bond donors (Lipinski definition) is 2. The van der Waals surface area contributed by atoms with Crippen molar-refractivity contribution in [3.63, 3.8) is 0 Å². The highest BCUT2D eigenvalue weighted by Crippen LogP contribution is 2.27. The highest BCUT2D eigenvalue weighted by atomic mass is 16.5. The molecule has 0 spiro atoms. The monoisotopic (exact) mass is 318 g/mol. The Balaban J connectivity index is 1.98. The minimum Gasteiger partial charge on any atom is -0.366 e. The maximum Gasteiger partial charge on any atom is 0.253 e. The molecule has 0 heterocycles. The SMILES string of the molecule is Cc1c(NC(=O)C(C)OC2CCCC(C)C2)cccc1C(N)=O. The number of carbonyl (C=O) groups excluding carboxylic acids is 2. The first-order valence-corrected chi connectivity index (χ1v) is 8.24. The van der Waals surface area contributed by atoms with Crippen LogP contribution < -0.4 is 11.1 Å². The Hall–Kier alpha value is -1.88. The Morgan fingerprint density at radius 1 is 1.35 bits per heavy atom. The van der Waals surface area contributed by atoms with Crippen molar-refractivity contribution in [3.8, 4) is 0 Å². The van der Waals surface area contributed by atoms with Crippen molar-refractivity contribution in [1.29, 1.82) is 0 Å². The van der Waals surface area contributed by atoms with Crippen molar-refractivity contribution in [3.05, 3.63) is 29.3 Å². The Morgan fingerprint density at radius 3 is 2.74 bits per heavy atom. The lowest BCUT2D eigenvalue weighted by atomic mass is 9.88. The number of hydrogen-bond acceptors (Lipinski definition) is 3. The number of primary amides is 1. The molecule has 0 radical (unpaired) electrons. The van der Waals surface area contributed by atoms with Gasteiger partial charge in [-0.25, -0.2) is 0 Å². The number of anilines is 1. The zero-order chi connectivity index (χ0) is 17.0. The smallest absolute Gasteiger partial charge is 0.253 e. The molecule has 2 rings (SSSR count). The molecule has 3 N–H and O–H groups in total. The zero-order valence-electron chi connectivity index (χ0n) is 14.1. The molecule has 5 heteroatoms.